The fraction of sp³-hybridized carbons (Fsp3) is 0. The molecule has 0 unspecified atom stereocenters. The second-order valence-corrected chi connectivity index (χ2v) is 4.43. The van der Waals surface area contributed by atoms with Gasteiger partial charge in [0.15, 0.2) is 5.78 Å². The Labute approximate surface area is 120 Å². The number of hydrogen-bond acceptors (Lipinski definition) is 3. The van der Waals surface area contributed by atoms with Crippen LogP contribution in [-0.2, 0) is 0 Å². The van der Waals surface area contributed by atoms with Crippen molar-refractivity contribution in [2.45, 2.75) is 0 Å². The topological polar surface area (TPSA) is 60.2 Å². The van der Waals surface area contributed by atoms with Crippen LogP contribution in [0.3, 0.4) is 0 Å². The van der Waals surface area contributed by atoms with E-state index in [0.717, 1.165) is 0 Å². The first-order valence-electron chi connectivity index (χ1n) is 5.79. The third-order valence-corrected chi connectivity index (χ3v) is 3.00. The minimum atomic E-state index is -0.490. The van der Waals surface area contributed by atoms with Crippen molar-refractivity contribution in [1.29, 1.82) is 0 Å². The summed E-state index contributed by atoms with van der Waals surface area (Å²) in [6.07, 6.45) is 1.30. The maximum absolute atomic E-state index is 11.9. The number of nitro benzene ring substituents is 1. The quantitative estimate of drug-likeness (QED) is 0.369. The second kappa shape index (κ2) is 6.12. The van der Waals surface area contributed by atoms with Crippen molar-refractivity contribution in [1.82, 2.24) is 0 Å². The molecule has 0 atom stereocenters. The van der Waals surface area contributed by atoms with Crippen LogP contribution >= 0.6 is 11.6 Å². The van der Waals surface area contributed by atoms with Gasteiger partial charge in [-0.15, -0.1) is 0 Å². The molecule has 0 spiro atoms. The van der Waals surface area contributed by atoms with Crippen molar-refractivity contribution in [3.63, 3.8) is 0 Å². The fourth-order valence-corrected chi connectivity index (χ4v) is 1.85. The zero-order chi connectivity index (χ0) is 14.5. The Morgan fingerprint density at radius 1 is 1.00 bits per heavy atom. The highest BCUT2D eigenvalue weighted by atomic mass is 35.5. The lowest BCUT2D eigenvalue weighted by Gasteiger charge is -2.00. The molecule has 100 valence electrons. The standard InChI is InChI=1S/C15H10ClNO3/c16-14(10-15(18)12-4-2-1-3-5-12)11-6-8-13(9-7-11)17(19)20/h1-10H/b14-10+. The van der Waals surface area contributed by atoms with Gasteiger partial charge in [-0.1, -0.05) is 41.9 Å². The number of benzene rings is 2. The molecule has 20 heavy (non-hydrogen) atoms. The molecule has 0 saturated heterocycles. The monoisotopic (exact) mass is 287 g/mol. The first kappa shape index (κ1) is 14.0. The first-order chi connectivity index (χ1) is 9.58. The first-order valence-corrected chi connectivity index (χ1v) is 6.17. The number of nitrogens with zero attached hydrogens (tertiary/aromatic N) is 1. The molecule has 4 nitrogen and oxygen atoms in total. The predicted octanol–water partition coefficient (Wildman–Crippen LogP) is 4.06. The SMILES string of the molecule is O=C(/C=C(/Cl)c1ccc([N+](=O)[O-])cc1)c1ccccc1. The molecule has 0 bridgehead atoms. The van der Waals surface area contributed by atoms with Crippen LogP contribution in [0, 0.1) is 10.1 Å². The molecule has 0 amide bonds. The predicted molar refractivity (Wildman–Crippen MR) is 77.7 cm³/mol. The summed E-state index contributed by atoms with van der Waals surface area (Å²) in [5, 5.41) is 10.8. The molecular formula is C15H10ClNO3. The van der Waals surface area contributed by atoms with Gasteiger partial charge >= 0.3 is 0 Å². The van der Waals surface area contributed by atoms with E-state index in [1.807, 2.05) is 6.07 Å². The Morgan fingerprint density at radius 2 is 1.60 bits per heavy atom. The molecule has 0 heterocycles. The highest BCUT2D eigenvalue weighted by molar-refractivity contribution is 6.50. The largest absolute Gasteiger partial charge is 0.289 e. The Kier molecular flexibility index (Phi) is 4.27. The lowest BCUT2D eigenvalue weighted by atomic mass is 10.1. The summed E-state index contributed by atoms with van der Waals surface area (Å²) in [6.45, 7) is 0. The zero-order valence-corrected chi connectivity index (χ0v) is 11.1. The van der Waals surface area contributed by atoms with E-state index in [-0.39, 0.29) is 16.5 Å². The molecule has 2 aromatic carbocycles. The molecule has 0 aromatic heterocycles. The van der Waals surface area contributed by atoms with E-state index in [9.17, 15) is 14.9 Å². The van der Waals surface area contributed by atoms with Gasteiger partial charge in [-0.25, -0.2) is 0 Å². The smallest absolute Gasteiger partial charge is 0.269 e. The zero-order valence-electron chi connectivity index (χ0n) is 10.3. The maximum Gasteiger partial charge on any atom is 0.269 e. The average Bonchev–Trinajstić information content (AvgIpc) is 2.48. The summed E-state index contributed by atoms with van der Waals surface area (Å²) in [5.41, 5.74) is 1.07. The highest BCUT2D eigenvalue weighted by Gasteiger charge is 2.08. The van der Waals surface area contributed by atoms with Crippen molar-refractivity contribution in [3.8, 4) is 0 Å². The molecule has 0 aliphatic carbocycles. The number of non-ortho nitro benzene ring substituents is 1. The third-order valence-electron chi connectivity index (χ3n) is 2.67. The van der Waals surface area contributed by atoms with Gasteiger partial charge in [-0.05, 0) is 17.7 Å². The Balaban J connectivity index is 2.22. The number of carbonyl (C=O) groups is 1. The Morgan fingerprint density at radius 3 is 2.15 bits per heavy atom. The fourth-order valence-electron chi connectivity index (χ4n) is 1.63. The summed E-state index contributed by atoms with van der Waals surface area (Å²) in [6, 6.07) is 14.4. The summed E-state index contributed by atoms with van der Waals surface area (Å²) in [7, 11) is 0. The van der Waals surface area contributed by atoms with Crippen LogP contribution in [0.15, 0.2) is 60.7 Å². The van der Waals surface area contributed by atoms with Crippen LogP contribution in [0.1, 0.15) is 15.9 Å². The van der Waals surface area contributed by atoms with Gasteiger partial charge in [-0.2, -0.15) is 0 Å². The molecular weight excluding hydrogens is 278 g/mol. The molecule has 0 fully saturated rings. The van der Waals surface area contributed by atoms with Crippen molar-refractivity contribution >= 4 is 28.1 Å². The van der Waals surface area contributed by atoms with Gasteiger partial charge in [0, 0.05) is 23.8 Å². The van der Waals surface area contributed by atoms with Gasteiger partial charge in [-0.3, -0.25) is 14.9 Å². The van der Waals surface area contributed by atoms with E-state index >= 15 is 0 Å². The average molecular weight is 288 g/mol. The molecule has 0 N–H and O–H groups in total. The highest BCUT2D eigenvalue weighted by Crippen LogP contribution is 2.22. The molecule has 0 saturated carbocycles. The van der Waals surface area contributed by atoms with Crippen LogP contribution in [0.2, 0.25) is 0 Å². The van der Waals surface area contributed by atoms with Gasteiger partial charge in [0.1, 0.15) is 0 Å². The van der Waals surface area contributed by atoms with Gasteiger partial charge in [0.25, 0.3) is 5.69 Å². The molecule has 2 rings (SSSR count). The van der Waals surface area contributed by atoms with Gasteiger partial charge in [0.2, 0.25) is 0 Å². The molecule has 0 aliphatic rings. The Hall–Kier alpha value is -2.46. The number of carbonyl (C=O) groups excluding carboxylic acids is 1. The van der Waals surface area contributed by atoms with Crippen LogP contribution in [-0.4, -0.2) is 10.7 Å². The second-order valence-electron chi connectivity index (χ2n) is 4.03. The molecule has 5 heteroatoms. The van der Waals surface area contributed by atoms with Crippen molar-refractivity contribution in [2.24, 2.45) is 0 Å². The number of halogens is 1. The van der Waals surface area contributed by atoms with Crippen LogP contribution in [0.5, 0.6) is 0 Å². The van der Waals surface area contributed by atoms with E-state index < -0.39 is 4.92 Å². The molecule has 0 aliphatic heterocycles. The van der Waals surface area contributed by atoms with Crippen molar-refractivity contribution < 1.29 is 9.72 Å². The summed E-state index contributed by atoms with van der Waals surface area (Å²) in [4.78, 5) is 22.0. The van der Waals surface area contributed by atoms with Gasteiger partial charge < -0.3 is 0 Å². The number of hydrogen-bond donors (Lipinski definition) is 0. The van der Waals surface area contributed by atoms with E-state index in [1.165, 1.54) is 30.3 Å². The minimum Gasteiger partial charge on any atom is -0.289 e. The minimum absolute atomic E-state index is 0.0207. The number of nitro groups is 1. The van der Waals surface area contributed by atoms with Crippen LogP contribution in [0.4, 0.5) is 5.69 Å². The van der Waals surface area contributed by atoms with Crippen LogP contribution in [0.25, 0.3) is 5.03 Å². The third kappa shape index (κ3) is 3.30. The van der Waals surface area contributed by atoms with E-state index in [0.29, 0.717) is 11.1 Å². The normalized spacial score (nSPS) is 11.2. The van der Waals surface area contributed by atoms with E-state index in [4.69, 9.17) is 11.6 Å². The number of allylic oxidation sites excluding steroid dienone is 1. The van der Waals surface area contributed by atoms with E-state index in [1.54, 1.807) is 24.3 Å². The summed E-state index contributed by atoms with van der Waals surface area (Å²) in [5.74, 6) is -0.214. The van der Waals surface area contributed by atoms with E-state index in [2.05, 4.69) is 0 Å². The lowest BCUT2D eigenvalue weighted by Crippen LogP contribution is -1.94. The van der Waals surface area contributed by atoms with Gasteiger partial charge in [0.05, 0.1) is 9.96 Å². The maximum atomic E-state index is 11.9. The van der Waals surface area contributed by atoms with Crippen molar-refractivity contribution in [3.05, 3.63) is 81.9 Å². The molecule has 0 radical (unpaired) electrons. The van der Waals surface area contributed by atoms with Crippen LogP contribution < -0.4 is 0 Å². The Bertz CT molecular complexity index is 663. The lowest BCUT2D eigenvalue weighted by molar-refractivity contribution is -0.384. The summed E-state index contributed by atoms with van der Waals surface area (Å²) >= 11 is 6.05. The number of ketones is 1. The number of rotatable bonds is 4. The van der Waals surface area contributed by atoms with Crippen molar-refractivity contribution in [2.75, 3.05) is 0 Å². The summed E-state index contributed by atoms with van der Waals surface area (Å²) < 4.78 is 0. The molecule has 2 aromatic rings.